The quantitative estimate of drug-likeness (QED) is 0.761. The average Bonchev–Trinajstić information content (AvgIpc) is 2.92. The van der Waals surface area contributed by atoms with Crippen molar-refractivity contribution in [2.24, 2.45) is 34.5 Å². The summed E-state index contributed by atoms with van der Waals surface area (Å²) in [5.74, 6) is 2.16. The lowest BCUT2D eigenvalue weighted by atomic mass is 9.47. The predicted octanol–water partition coefficient (Wildman–Crippen LogP) is 3.49. The number of hydrogen-bond donors (Lipinski definition) is 2. The third-order valence-corrected chi connectivity index (χ3v) is 8.62. The van der Waals surface area contributed by atoms with Crippen molar-refractivity contribution in [3.05, 3.63) is 11.6 Å². The number of aliphatic hydroxyl groups is 2. The minimum Gasteiger partial charge on any atom is -0.393 e. The molecule has 0 spiro atoms. The lowest BCUT2D eigenvalue weighted by Gasteiger charge is -2.57. The van der Waals surface area contributed by atoms with Crippen LogP contribution < -0.4 is 0 Å². The highest BCUT2D eigenvalue weighted by atomic mass is 16.3. The van der Waals surface area contributed by atoms with E-state index in [-0.39, 0.29) is 35.2 Å². The molecule has 134 valence electrons. The molecule has 0 unspecified atom stereocenters. The van der Waals surface area contributed by atoms with Gasteiger partial charge in [-0.1, -0.05) is 25.5 Å². The van der Waals surface area contributed by atoms with Gasteiger partial charge in [-0.2, -0.15) is 0 Å². The molecule has 0 amide bonds. The minimum absolute atomic E-state index is 0.0671. The maximum absolute atomic E-state index is 12.3. The zero-order chi connectivity index (χ0) is 17.1. The Balaban J connectivity index is 1.64. The third-order valence-electron chi connectivity index (χ3n) is 8.62. The molecule has 0 aliphatic heterocycles. The molecule has 7 atom stereocenters. The smallest absolute Gasteiger partial charge is 0.161 e. The van der Waals surface area contributed by atoms with E-state index >= 15 is 0 Å². The van der Waals surface area contributed by atoms with Gasteiger partial charge in [0.05, 0.1) is 6.10 Å². The zero-order valence-corrected chi connectivity index (χ0v) is 15.1. The highest BCUT2D eigenvalue weighted by molar-refractivity contribution is 5.83. The number of allylic oxidation sites excluding steroid dienone is 1. The molecule has 4 rings (SSSR count). The molecule has 24 heavy (non-hydrogen) atoms. The van der Waals surface area contributed by atoms with Gasteiger partial charge in [-0.3, -0.25) is 4.79 Å². The Bertz CT molecular complexity index is 567. The molecule has 0 bridgehead atoms. The molecule has 0 aromatic rings. The number of carbonyl (C=O) groups excluding carboxylic acids is 1. The number of aliphatic hydroxyl groups excluding tert-OH is 2. The van der Waals surface area contributed by atoms with Crippen LogP contribution in [-0.2, 0) is 4.79 Å². The largest absolute Gasteiger partial charge is 0.393 e. The summed E-state index contributed by atoms with van der Waals surface area (Å²) in [7, 11) is 0. The molecule has 3 fully saturated rings. The summed E-state index contributed by atoms with van der Waals surface area (Å²) < 4.78 is 0. The van der Waals surface area contributed by atoms with Crippen LogP contribution in [0.4, 0.5) is 0 Å². The van der Waals surface area contributed by atoms with Crippen LogP contribution >= 0.6 is 0 Å². The highest BCUT2D eigenvalue weighted by Gasteiger charge is 2.59. The lowest BCUT2D eigenvalue weighted by molar-refractivity contribution is -0.132. The van der Waals surface area contributed by atoms with E-state index in [2.05, 4.69) is 19.9 Å². The predicted molar refractivity (Wildman–Crippen MR) is 93.3 cm³/mol. The van der Waals surface area contributed by atoms with Gasteiger partial charge in [-0.15, -0.1) is 0 Å². The molecular weight excluding hydrogens is 300 g/mol. The average molecular weight is 332 g/mol. The van der Waals surface area contributed by atoms with E-state index in [9.17, 15) is 15.0 Å². The standard InChI is InChI=1S/C21H32O3/c1-20-9-7-14(23)11-13(20)3-4-15-16-5-6-18(19(24)12-22)21(16,2)10-8-17(15)20/h3,14-18,22-23H,4-12H2,1-2H3/t14-,15+,16-,17-,18+,20-,21-/m0/s1. The Hall–Kier alpha value is -0.670. The normalized spacial score (nSPS) is 50.5. The number of rotatable bonds is 2. The minimum atomic E-state index is -0.291. The van der Waals surface area contributed by atoms with Crippen LogP contribution in [0.15, 0.2) is 11.6 Å². The Kier molecular flexibility index (Phi) is 3.96. The maximum atomic E-state index is 12.3. The van der Waals surface area contributed by atoms with E-state index in [4.69, 9.17) is 0 Å². The van der Waals surface area contributed by atoms with Gasteiger partial charge in [0.25, 0.3) is 0 Å². The second-order valence-electron chi connectivity index (χ2n) is 9.45. The van der Waals surface area contributed by atoms with Crippen molar-refractivity contribution in [3.8, 4) is 0 Å². The SMILES string of the molecule is C[C@]12CC[C@H]3[C@H](CC=C4C[C@@H](O)CC[C@@]43C)[C@@H]1CC[C@@H]2C(=O)CO. The molecule has 4 aliphatic rings. The fraction of sp³-hybridized carbons (Fsp3) is 0.857. The van der Waals surface area contributed by atoms with Crippen molar-refractivity contribution in [1.29, 1.82) is 0 Å². The van der Waals surface area contributed by atoms with Crippen molar-refractivity contribution in [3.63, 3.8) is 0 Å². The Morgan fingerprint density at radius 3 is 2.71 bits per heavy atom. The molecule has 0 saturated heterocycles. The molecule has 0 heterocycles. The maximum Gasteiger partial charge on any atom is 0.161 e. The second kappa shape index (κ2) is 5.67. The lowest BCUT2D eigenvalue weighted by Crippen LogP contribution is -2.51. The van der Waals surface area contributed by atoms with Crippen molar-refractivity contribution in [1.82, 2.24) is 0 Å². The molecule has 2 N–H and O–H groups in total. The zero-order valence-electron chi connectivity index (χ0n) is 15.1. The number of fused-ring (bicyclic) bond motifs is 5. The van der Waals surface area contributed by atoms with E-state index < -0.39 is 0 Å². The van der Waals surface area contributed by atoms with Gasteiger partial charge in [0.15, 0.2) is 5.78 Å². The van der Waals surface area contributed by atoms with Gasteiger partial charge in [-0.05, 0) is 80.0 Å². The summed E-state index contributed by atoms with van der Waals surface area (Å²) in [6, 6.07) is 0. The van der Waals surface area contributed by atoms with Gasteiger partial charge >= 0.3 is 0 Å². The molecule has 3 saturated carbocycles. The fourth-order valence-electron chi connectivity index (χ4n) is 7.28. The Morgan fingerprint density at radius 1 is 1.17 bits per heavy atom. The van der Waals surface area contributed by atoms with Gasteiger partial charge in [0.1, 0.15) is 6.61 Å². The topological polar surface area (TPSA) is 57.5 Å². The monoisotopic (exact) mass is 332 g/mol. The summed E-state index contributed by atoms with van der Waals surface area (Å²) in [6.45, 7) is 4.47. The van der Waals surface area contributed by atoms with Crippen LogP contribution in [-0.4, -0.2) is 28.7 Å². The van der Waals surface area contributed by atoms with Crippen molar-refractivity contribution >= 4 is 5.78 Å². The summed E-state index contributed by atoms with van der Waals surface area (Å²) >= 11 is 0. The molecule has 0 aromatic carbocycles. The molecule has 3 heteroatoms. The third kappa shape index (κ3) is 2.20. The van der Waals surface area contributed by atoms with Crippen molar-refractivity contribution < 1.29 is 15.0 Å². The summed E-state index contributed by atoms with van der Waals surface area (Å²) in [4.78, 5) is 12.3. The number of carbonyl (C=O) groups is 1. The van der Waals surface area contributed by atoms with Gasteiger partial charge in [-0.25, -0.2) is 0 Å². The van der Waals surface area contributed by atoms with Crippen LogP contribution in [0, 0.1) is 34.5 Å². The fourth-order valence-corrected chi connectivity index (χ4v) is 7.28. The first-order valence-electron chi connectivity index (χ1n) is 9.91. The van der Waals surface area contributed by atoms with E-state index in [1.165, 1.54) is 12.0 Å². The number of Topliss-reactive ketones (excluding diaryl/α,β-unsaturated/α-hetero) is 1. The number of ketones is 1. The van der Waals surface area contributed by atoms with Crippen LogP contribution in [0.3, 0.4) is 0 Å². The van der Waals surface area contributed by atoms with E-state index in [1.807, 2.05) is 0 Å². The van der Waals surface area contributed by atoms with E-state index in [0.717, 1.165) is 44.9 Å². The van der Waals surface area contributed by atoms with Crippen molar-refractivity contribution in [2.45, 2.75) is 71.3 Å². The first kappa shape index (κ1) is 16.8. The second-order valence-corrected chi connectivity index (χ2v) is 9.45. The van der Waals surface area contributed by atoms with E-state index in [0.29, 0.717) is 17.8 Å². The molecule has 3 nitrogen and oxygen atoms in total. The van der Waals surface area contributed by atoms with Gasteiger partial charge < -0.3 is 10.2 Å². The first-order chi connectivity index (χ1) is 11.4. The van der Waals surface area contributed by atoms with E-state index in [1.54, 1.807) is 0 Å². The molecular formula is C21H32O3. The van der Waals surface area contributed by atoms with Gasteiger partial charge in [0.2, 0.25) is 0 Å². The number of hydrogen-bond acceptors (Lipinski definition) is 3. The summed E-state index contributed by atoms with van der Waals surface area (Å²) in [5.41, 5.74) is 1.87. The molecule has 0 aromatic heterocycles. The molecule has 4 aliphatic carbocycles. The first-order valence-corrected chi connectivity index (χ1v) is 9.91. The van der Waals surface area contributed by atoms with Crippen LogP contribution in [0.5, 0.6) is 0 Å². The molecule has 0 radical (unpaired) electrons. The van der Waals surface area contributed by atoms with Crippen LogP contribution in [0.2, 0.25) is 0 Å². The Labute approximate surface area is 145 Å². The van der Waals surface area contributed by atoms with Crippen LogP contribution in [0.25, 0.3) is 0 Å². The summed E-state index contributed by atoms with van der Waals surface area (Å²) in [5, 5.41) is 19.4. The Morgan fingerprint density at radius 2 is 1.96 bits per heavy atom. The van der Waals surface area contributed by atoms with Crippen LogP contribution in [0.1, 0.15) is 65.2 Å². The van der Waals surface area contributed by atoms with Gasteiger partial charge in [0, 0.05) is 5.92 Å². The van der Waals surface area contributed by atoms with Crippen molar-refractivity contribution in [2.75, 3.05) is 6.61 Å². The highest BCUT2D eigenvalue weighted by Crippen LogP contribution is 2.66. The summed E-state index contributed by atoms with van der Waals surface area (Å²) in [6.07, 6.45) is 10.8.